The molecule has 0 amide bonds. The smallest absolute Gasteiger partial charge is 0.315 e. The van der Waals surface area contributed by atoms with E-state index in [1.165, 1.54) is 10.9 Å². The molecule has 1 heterocycles. The van der Waals surface area contributed by atoms with Crippen molar-refractivity contribution in [3.05, 3.63) is 76.2 Å². The van der Waals surface area contributed by atoms with Crippen LogP contribution in [-0.2, 0) is 0 Å². The highest BCUT2D eigenvalue weighted by molar-refractivity contribution is 5.82. The van der Waals surface area contributed by atoms with Crippen molar-refractivity contribution in [1.82, 2.24) is 9.78 Å². The topological polar surface area (TPSA) is 85.9 Å². The second-order valence-corrected chi connectivity index (χ2v) is 6.41. The zero-order valence-corrected chi connectivity index (χ0v) is 15.9. The second kappa shape index (κ2) is 8.39. The molecule has 0 atom stereocenters. The van der Waals surface area contributed by atoms with E-state index < -0.39 is 5.56 Å². The van der Waals surface area contributed by atoms with Gasteiger partial charge in [0, 0.05) is 0 Å². The van der Waals surface area contributed by atoms with Gasteiger partial charge in [0.1, 0.15) is 11.5 Å². The fraction of sp³-hybridized carbons (Fsp3) is 0.190. The largest absolute Gasteiger partial charge is 0.497 e. The van der Waals surface area contributed by atoms with Gasteiger partial charge in [-0.3, -0.25) is 4.79 Å². The van der Waals surface area contributed by atoms with Gasteiger partial charge in [-0.1, -0.05) is 31.1 Å². The molecule has 0 unspecified atom stereocenters. The first-order valence-corrected chi connectivity index (χ1v) is 8.75. The molecule has 3 aromatic rings. The SMILES string of the molecule is COc1ccc(Oc2c(/C=N/O)cnn(-c3ccc(C(C)C)cc3)c2=O)cc1. The number of ether oxygens (including phenoxy) is 2. The summed E-state index contributed by atoms with van der Waals surface area (Å²) in [6.07, 6.45) is 2.52. The van der Waals surface area contributed by atoms with Crippen molar-refractivity contribution in [3.8, 4) is 22.9 Å². The van der Waals surface area contributed by atoms with Gasteiger partial charge in [0.25, 0.3) is 0 Å². The van der Waals surface area contributed by atoms with E-state index in [1.54, 1.807) is 31.4 Å². The van der Waals surface area contributed by atoms with E-state index in [0.717, 1.165) is 11.8 Å². The number of hydrogen-bond donors (Lipinski definition) is 1. The van der Waals surface area contributed by atoms with Crippen LogP contribution >= 0.6 is 0 Å². The van der Waals surface area contributed by atoms with Gasteiger partial charge in [-0.15, -0.1) is 0 Å². The van der Waals surface area contributed by atoms with E-state index in [4.69, 9.17) is 14.7 Å². The molecule has 0 saturated heterocycles. The van der Waals surface area contributed by atoms with Crippen molar-refractivity contribution in [1.29, 1.82) is 0 Å². The molecule has 0 saturated carbocycles. The van der Waals surface area contributed by atoms with Crippen molar-refractivity contribution in [2.45, 2.75) is 19.8 Å². The summed E-state index contributed by atoms with van der Waals surface area (Å²) in [6, 6.07) is 14.4. The molecule has 0 aliphatic heterocycles. The molecule has 28 heavy (non-hydrogen) atoms. The van der Waals surface area contributed by atoms with Gasteiger partial charge in [0.05, 0.1) is 30.8 Å². The molecule has 7 heteroatoms. The van der Waals surface area contributed by atoms with Crippen molar-refractivity contribution < 1.29 is 14.7 Å². The maximum atomic E-state index is 13.0. The molecular weight excluding hydrogens is 358 g/mol. The zero-order chi connectivity index (χ0) is 20.1. The minimum atomic E-state index is -0.467. The average molecular weight is 379 g/mol. The number of benzene rings is 2. The highest BCUT2D eigenvalue weighted by Crippen LogP contribution is 2.24. The van der Waals surface area contributed by atoms with Gasteiger partial charge in [-0.25, -0.2) is 0 Å². The maximum absolute atomic E-state index is 13.0. The third-order valence-corrected chi connectivity index (χ3v) is 4.24. The van der Waals surface area contributed by atoms with Crippen LogP contribution in [0, 0.1) is 0 Å². The van der Waals surface area contributed by atoms with Crippen LogP contribution in [0.4, 0.5) is 0 Å². The van der Waals surface area contributed by atoms with Crippen LogP contribution in [0.25, 0.3) is 5.69 Å². The number of nitrogens with zero attached hydrogens (tertiary/aromatic N) is 3. The summed E-state index contributed by atoms with van der Waals surface area (Å²) < 4.78 is 12.2. The van der Waals surface area contributed by atoms with Crippen molar-refractivity contribution in [3.63, 3.8) is 0 Å². The summed E-state index contributed by atoms with van der Waals surface area (Å²) in [5, 5.41) is 16.1. The molecule has 3 rings (SSSR count). The number of aromatic nitrogens is 2. The summed E-state index contributed by atoms with van der Waals surface area (Å²) in [4.78, 5) is 13.0. The lowest BCUT2D eigenvalue weighted by atomic mass is 10.0. The Hall–Kier alpha value is -3.61. The second-order valence-electron chi connectivity index (χ2n) is 6.41. The molecule has 0 spiro atoms. The first kappa shape index (κ1) is 19.2. The van der Waals surface area contributed by atoms with E-state index >= 15 is 0 Å². The summed E-state index contributed by atoms with van der Waals surface area (Å²) in [5.74, 6) is 1.50. The van der Waals surface area contributed by atoms with E-state index in [-0.39, 0.29) is 11.3 Å². The quantitative estimate of drug-likeness (QED) is 0.398. The Bertz CT molecular complexity index is 1020. The van der Waals surface area contributed by atoms with Gasteiger partial charge in [0.15, 0.2) is 0 Å². The highest BCUT2D eigenvalue weighted by atomic mass is 16.5. The molecule has 0 fully saturated rings. The van der Waals surface area contributed by atoms with Gasteiger partial charge in [-0.2, -0.15) is 9.78 Å². The van der Waals surface area contributed by atoms with Crippen molar-refractivity contribution in [2.75, 3.05) is 7.11 Å². The van der Waals surface area contributed by atoms with Gasteiger partial charge >= 0.3 is 5.56 Å². The number of oxime groups is 1. The monoisotopic (exact) mass is 379 g/mol. The first-order valence-electron chi connectivity index (χ1n) is 8.75. The molecule has 0 aliphatic carbocycles. The third-order valence-electron chi connectivity index (χ3n) is 4.24. The molecule has 1 N–H and O–H groups in total. The normalized spacial score (nSPS) is 11.1. The van der Waals surface area contributed by atoms with Crippen LogP contribution in [0.5, 0.6) is 17.2 Å². The van der Waals surface area contributed by atoms with Gasteiger partial charge in [-0.05, 0) is 47.9 Å². The molecular formula is C21H21N3O4. The van der Waals surface area contributed by atoms with Gasteiger partial charge in [0.2, 0.25) is 5.75 Å². The number of methoxy groups -OCH3 is 1. The molecule has 0 aliphatic rings. The average Bonchev–Trinajstić information content (AvgIpc) is 2.71. The Morgan fingerprint density at radius 1 is 1.07 bits per heavy atom. The summed E-state index contributed by atoms with van der Waals surface area (Å²) in [5.41, 5.74) is 1.57. The fourth-order valence-corrected chi connectivity index (χ4v) is 2.65. The van der Waals surface area contributed by atoms with E-state index in [1.807, 2.05) is 24.3 Å². The number of hydrogen-bond acceptors (Lipinski definition) is 6. The zero-order valence-electron chi connectivity index (χ0n) is 15.9. The van der Waals surface area contributed by atoms with Crippen LogP contribution in [0.15, 0.2) is 64.7 Å². The summed E-state index contributed by atoms with van der Waals surface area (Å²) >= 11 is 0. The molecule has 1 aromatic heterocycles. The van der Waals surface area contributed by atoms with Crippen LogP contribution < -0.4 is 15.0 Å². The van der Waals surface area contributed by atoms with Crippen molar-refractivity contribution >= 4 is 6.21 Å². The molecule has 7 nitrogen and oxygen atoms in total. The van der Waals surface area contributed by atoms with Gasteiger partial charge < -0.3 is 14.7 Å². The number of rotatable bonds is 6. The first-order chi connectivity index (χ1) is 13.5. The highest BCUT2D eigenvalue weighted by Gasteiger charge is 2.15. The fourth-order valence-electron chi connectivity index (χ4n) is 2.65. The maximum Gasteiger partial charge on any atom is 0.315 e. The van der Waals surface area contributed by atoms with Crippen LogP contribution in [0.3, 0.4) is 0 Å². The standard InChI is InChI=1S/C21H21N3O4/c1-14(2)15-4-6-17(7-5-15)24-21(25)20(16(12-22-24)13-23-26)28-19-10-8-18(27-3)9-11-19/h4-14,26H,1-3H3/b23-13+. The summed E-state index contributed by atoms with van der Waals surface area (Å²) in [6.45, 7) is 4.20. The minimum Gasteiger partial charge on any atom is -0.497 e. The Kier molecular flexibility index (Phi) is 5.74. The van der Waals surface area contributed by atoms with Crippen LogP contribution in [-0.4, -0.2) is 28.3 Å². The van der Waals surface area contributed by atoms with E-state index in [0.29, 0.717) is 23.1 Å². The molecule has 0 radical (unpaired) electrons. The Balaban J connectivity index is 2.04. The molecule has 0 bridgehead atoms. The molecule has 2 aromatic carbocycles. The van der Waals surface area contributed by atoms with Crippen LogP contribution in [0.2, 0.25) is 0 Å². The van der Waals surface area contributed by atoms with Crippen LogP contribution in [0.1, 0.15) is 30.9 Å². The lowest BCUT2D eigenvalue weighted by molar-refractivity contribution is 0.321. The van der Waals surface area contributed by atoms with E-state index in [2.05, 4.69) is 24.1 Å². The Morgan fingerprint density at radius 3 is 2.29 bits per heavy atom. The molecule has 144 valence electrons. The van der Waals surface area contributed by atoms with E-state index in [9.17, 15) is 4.79 Å². The lowest BCUT2D eigenvalue weighted by Crippen LogP contribution is -2.23. The van der Waals surface area contributed by atoms with Crippen molar-refractivity contribution in [2.24, 2.45) is 5.16 Å². The lowest BCUT2D eigenvalue weighted by Gasteiger charge is -2.12. The third kappa shape index (κ3) is 4.03. The predicted octanol–water partition coefficient (Wildman–Crippen LogP) is 3.96. The summed E-state index contributed by atoms with van der Waals surface area (Å²) in [7, 11) is 1.57. The minimum absolute atomic E-state index is 0.00547. The predicted molar refractivity (Wildman–Crippen MR) is 106 cm³/mol. The Labute approximate surface area is 162 Å². The Morgan fingerprint density at radius 2 is 1.71 bits per heavy atom.